The maximum absolute atomic E-state index is 13.1. The van der Waals surface area contributed by atoms with Gasteiger partial charge in [-0.25, -0.2) is 15.3 Å². The molecule has 1 saturated heterocycles. The molecule has 1 fully saturated rings. The van der Waals surface area contributed by atoms with Crippen LogP contribution in [0.5, 0.6) is 5.75 Å². The number of benzene rings is 1. The third-order valence-electron chi connectivity index (χ3n) is 4.91. The molecule has 1 aliphatic rings. The molecule has 0 radical (unpaired) electrons. The molecule has 154 valence electrons. The Hall–Kier alpha value is -3.36. The lowest BCUT2D eigenvalue weighted by molar-refractivity contribution is -0.186. The smallest absolute Gasteiger partial charge is 0.279 e. The Labute approximate surface area is 173 Å². The minimum absolute atomic E-state index is 0.265. The van der Waals surface area contributed by atoms with Gasteiger partial charge in [-0.15, -0.1) is 0 Å². The molecule has 0 aliphatic carbocycles. The highest BCUT2D eigenvalue weighted by molar-refractivity contribution is 6.09. The number of methoxy groups -OCH3 is 1. The summed E-state index contributed by atoms with van der Waals surface area (Å²) >= 11 is 0. The van der Waals surface area contributed by atoms with Gasteiger partial charge in [-0.2, -0.15) is 0 Å². The topological polar surface area (TPSA) is 99.6 Å². The van der Waals surface area contributed by atoms with Gasteiger partial charge in [0.15, 0.2) is 12.0 Å². The van der Waals surface area contributed by atoms with Crippen LogP contribution in [-0.2, 0) is 9.57 Å². The van der Waals surface area contributed by atoms with Crippen molar-refractivity contribution >= 4 is 23.1 Å². The lowest BCUT2D eigenvalue weighted by Gasteiger charge is -2.22. The second-order valence-electron chi connectivity index (χ2n) is 6.85. The van der Waals surface area contributed by atoms with Gasteiger partial charge in [-0.3, -0.25) is 14.6 Å². The fraction of sp³-hybridized carbons (Fsp3) is 0.273. The zero-order valence-electron chi connectivity index (χ0n) is 16.5. The van der Waals surface area contributed by atoms with E-state index in [4.69, 9.17) is 14.3 Å². The first-order valence-corrected chi connectivity index (χ1v) is 9.66. The van der Waals surface area contributed by atoms with E-state index in [1.54, 1.807) is 42.7 Å². The summed E-state index contributed by atoms with van der Waals surface area (Å²) in [5, 5.41) is 0.535. The summed E-state index contributed by atoms with van der Waals surface area (Å²) in [4.78, 5) is 38.3. The minimum Gasteiger partial charge on any atom is -0.494 e. The van der Waals surface area contributed by atoms with Crippen molar-refractivity contribution in [1.29, 1.82) is 0 Å². The normalized spacial score (nSPS) is 16.2. The Morgan fingerprint density at radius 2 is 2.07 bits per heavy atom. The second kappa shape index (κ2) is 8.98. The molecule has 0 spiro atoms. The van der Waals surface area contributed by atoms with Crippen LogP contribution in [0.4, 0.5) is 0 Å². The predicted molar refractivity (Wildman–Crippen MR) is 109 cm³/mol. The molecule has 8 nitrogen and oxygen atoms in total. The van der Waals surface area contributed by atoms with Crippen molar-refractivity contribution in [2.24, 2.45) is 0 Å². The van der Waals surface area contributed by atoms with Crippen LogP contribution in [0, 0.1) is 0 Å². The van der Waals surface area contributed by atoms with Crippen LogP contribution in [0.2, 0.25) is 0 Å². The van der Waals surface area contributed by atoms with Crippen molar-refractivity contribution in [3.8, 4) is 17.0 Å². The third-order valence-corrected chi connectivity index (χ3v) is 4.91. The largest absolute Gasteiger partial charge is 0.494 e. The van der Waals surface area contributed by atoms with Gasteiger partial charge in [0, 0.05) is 41.9 Å². The highest BCUT2D eigenvalue weighted by atomic mass is 16.8. The fourth-order valence-electron chi connectivity index (χ4n) is 3.40. The summed E-state index contributed by atoms with van der Waals surface area (Å²) in [6.07, 6.45) is 6.14. The van der Waals surface area contributed by atoms with Gasteiger partial charge in [0.25, 0.3) is 5.91 Å². The van der Waals surface area contributed by atoms with Crippen molar-refractivity contribution in [1.82, 2.24) is 15.4 Å². The second-order valence-corrected chi connectivity index (χ2v) is 6.85. The van der Waals surface area contributed by atoms with Crippen LogP contribution < -0.4 is 10.2 Å². The summed E-state index contributed by atoms with van der Waals surface area (Å²) in [6.45, 7) is 0.604. The number of aromatic nitrogens is 2. The van der Waals surface area contributed by atoms with Gasteiger partial charge in [-0.1, -0.05) is 24.3 Å². The number of nitrogens with zero attached hydrogens (tertiary/aromatic N) is 2. The molecule has 1 unspecified atom stereocenters. The van der Waals surface area contributed by atoms with Crippen LogP contribution in [0.15, 0.2) is 42.7 Å². The first-order chi connectivity index (χ1) is 14.7. The van der Waals surface area contributed by atoms with E-state index in [1.807, 2.05) is 0 Å². The Bertz CT molecular complexity index is 1060. The van der Waals surface area contributed by atoms with E-state index in [-0.39, 0.29) is 5.56 Å². The SMILES string of the molecule is COc1c(-c2ccc(C=O)cc2)nc2ccncc2c1C(=O)NOC1CCCCO1. The molecule has 1 amide bonds. The number of carbonyl (C=O) groups is 2. The van der Waals surface area contributed by atoms with Gasteiger partial charge >= 0.3 is 0 Å². The Morgan fingerprint density at radius 1 is 1.23 bits per heavy atom. The van der Waals surface area contributed by atoms with Gasteiger partial charge < -0.3 is 9.47 Å². The van der Waals surface area contributed by atoms with Crippen molar-refractivity contribution in [2.45, 2.75) is 25.6 Å². The van der Waals surface area contributed by atoms with E-state index in [2.05, 4.69) is 15.4 Å². The maximum atomic E-state index is 13.1. The zero-order valence-corrected chi connectivity index (χ0v) is 16.5. The molecular weight excluding hydrogens is 386 g/mol. The summed E-state index contributed by atoms with van der Waals surface area (Å²) in [5.41, 5.74) is 5.07. The van der Waals surface area contributed by atoms with Crippen LogP contribution in [0.25, 0.3) is 22.2 Å². The minimum atomic E-state index is -0.479. The number of carbonyl (C=O) groups excluding carboxylic acids is 2. The standard InChI is InChI=1S/C22H21N3O5/c1-28-21-19(22(27)25-30-18-4-2-3-11-29-18)16-12-23-10-9-17(16)24-20(21)15-7-5-14(13-26)6-8-15/h5-10,12-13,18H,2-4,11H2,1H3,(H,25,27). The lowest BCUT2D eigenvalue weighted by Crippen LogP contribution is -2.33. The van der Waals surface area contributed by atoms with Crippen LogP contribution in [0.1, 0.15) is 40.0 Å². The van der Waals surface area contributed by atoms with E-state index in [9.17, 15) is 9.59 Å². The van der Waals surface area contributed by atoms with E-state index in [0.29, 0.717) is 46.5 Å². The Balaban J connectivity index is 1.76. The van der Waals surface area contributed by atoms with Gasteiger partial charge in [0.05, 0.1) is 18.2 Å². The summed E-state index contributed by atoms with van der Waals surface area (Å²) in [6, 6.07) is 8.61. The molecule has 1 aliphatic heterocycles. The highest BCUT2D eigenvalue weighted by Gasteiger charge is 2.24. The van der Waals surface area contributed by atoms with Gasteiger partial charge in [0.2, 0.25) is 0 Å². The van der Waals surface area contributed by atoms with Crippen molar-refractivity contribution < 1.29 is 23.9 Å². The fourth-order valence-corrected chi connectivity index (χ4v) is 3.40. The van der Waals surface area contributed by atoms with Crippen molar-refractivity contribution in [2.75, 3.05) is 13.7 Å². The number of hydrogen-bond acceptors (Lipinski definition) is 7. The molecule has 30 heavy (non-hydrogen) atoms. The number of ether oxygens (including phenoxy) is 2. The quantitative estimate of drug-likeness (QED) is 0.494. The molecule has 4 rings (SSSR count). The molecule has 0 saturated carbocycles. The molecule has 3 heterocycles. The summed E-state index contributed by atoms with van der Waals surface area (Å²) in [5.74, 6) is -0.188. The Morgan fingerprint density at radius 3 is 2.77 bits per heavy atom. The number of hydroxylamine groups is 1. The number of nitrogens with one attached hydrogen (secondary N) is 1. The molecule has 3 aromatic rings. The molecule has 2 aromatic heterocycles. The molecule has 1 N–H and O–H groups in total. The van der Waals surface area contributed by atoms with Crippen LogP contribution >= 0.6 is 0 Å². The Kier molecular flexibility index (Phi) is 5.97. The van der Waals surface area contributed by atoms with E-state index >= 15 is 0 Å². The van der Waals surface area contributed by atoms with E-state index in [1.165, 1.54) is 7.11 Å². The number of rotatable bonds is 6. The summed E-state index contributed by atoms with van der Waals surface area (Å²) in [7, 11) is 1.48. The highest BCUT2D eigenvalue weighted by Crippen LogP contribution is 2.36. The first-order valence-electron chi connectivity index (χ1n) is 9.66. The average Bonchev–Trinajstić information content (AvgIpc) is 2.82. The molecule has 1 aromatic carbocycles. The average molecular weight is 407 g/mol. The number of aldehydes is 1. The first kappa shape index (κ1) is 19.9. The summed E-state index contributed by atoms with van der Waals surface area (Å²) < 4.78 is 11.1. The molecule has 0 bridgehead atoms. The zero-order chi connectivity index (χ0) is 20.9. The van der Waals surface area contributed by atoms with Crippen molar-refractivity contribution in [3.63, 3.8) is 0 Å². The number of fused-ring (bicyclic) bond motifs is 1. The van der Waals surface area contributed by atoms with Gasteiger partial charge in [-0.05, 0) is 18.9 Å². The molecular formula is C22H21N3O5. The van der Waals surface area contributed by atoms with E-state index in [0.717, 1.165) is 19.1 Å². The lowest BCUT2D eigenvalue weighted by atomic mass is 10.0. The van der Waals surface area contributed by atoms with E-state index < -0.39 is 12.2 Å². The third kappa shape index (κ3) is 4.00. The van der Waals surface area contributed by atoms with Crippen LogP contribution in [-0.4, -0.2) is 42.2 Å². The number of hydrogen-bond donors (Lipinski definition) is 1. The van der Waals surface area contributed by atoms with Crippen molar-refractivity contribution in [3.05, 3.63) is 53.9 Å². The molecule has 1 atom stereocenters. The maximum Gasteiger partial charge on any atom is 0.279 e. The molecule has 8 heteroatoms. The monoisotopic (exact) mass is 407 g/mol. The van der Waals surface area contributed by atoms with Crippen LogP contribution in [0.3, 0.4) is 0 Å². The number of amides is 1. The predicted octanol–water partition coefficient (Wildman–Crippen LogP) is 3.31. The number of pyridine rings is 2. The van der Waals surface area contributed by atoms with Gasteiger partial charge in [0.1, 0.15) is 12.0 Å².